The van der Waals surface area contributed by atoms with Gasteiger partial charge in [-0.05, 0) is 42.8 Å². The lowest BCUT2D eigenvalue weighted by Gasteiger charge is -2.30. The van der Waals surface area contributed by atoms with Gasteiger partial charge in [0.25, 0.3) is 5.91 Å². The van der Waals surface area contributed by atoms with E-state index in [2.05, 4.69) is 5.92 Å². The lowest BCUT2D eigenvalue weighted by atomic mass is 9.90. The number of nitrogens with zero attached hydrogens (tertiary/aromatic N) is 2. The van der Waals surface area contributed by atoms with Gasteiger partial charge in [-0.1, -0.05) is 41.3 Å². The maximum Gasteiger partial charge on any atom is 0.333 e. The van der Waals surface area contributed by atoms with E-state index in [-0.39, 0.29) is 17.3 Å². The maximum atomic E-state index is 13.3. The standard InChI is InChI=1S/C19H14Cl2N2O3/c1-3-10-22-18(26)23(13-6-9-15(20)16(21)11-13)17(25)19(22,2)12-4-7-14(24)8-5-12/h1,4-9,11,24H,10H2,2H3. The molecular formula is C19H14Cl2N2O3. The van der Waals surface area contributed by atoms with Crippen LogP contribution in [0.15, 0.2) is 42.5 Å². The van der Waals surface area contributed by atoms with E-state index < -0.39 is 17.5 Å². The van der Waals surface area contributed by atoms with E-state index in [1.54, 1.807) is 25.1 Å². The van der Waals surface area contributed by atoms with Crippen LogP contribution in [0.4, 0.5) is 10.5 Å². The predicted molar refractivity (Wildman–Crippen MR) is 100 cm³/mol. The first-order chi connectivity index (χ1) is 12.3. The normalized spacial score (nSPS) is 19.8. The van der Waals surface area contributed by atoms with Gasteiger partial charge in [-0.3, -0.25) is 9.69 Å². The first kappa shape index (κ1) is 18.1. The quantitative estimate of drug-likeness (QED) is 0.637. The number of anilines is 1. The van der Waals surface area contributed by atoms with Gasteiger partial charge in [0.1, 0.15) is 11.3 Å². The van der Waals surface area contributed by atoms with E-state index in [1.165, 1.54) is 29.2 Å². The number of urea groups is 1. The summed E-state index contributed by atoms with van der Waals surface area (Å²) in [6, 6.07) is 10.0. The van der Waals surface area contributed by atoms with Gasteiger partial charge in [0, 0.05) is 0 Å². The first-order valence-corrected chi connectivity index (χ1v) is 8.40. The number of phenolic OH excluding ortho intramolecular Hbond substituents is 1. The fraction of sp³-hybridized carbons (Fsp3) is 0.158. The van der Waals surface area contributed by atoms with Crippen LogP contribution in [0.5, 0.6) is 5.75 Å². The van der Waals surface area contributed by atoms with Crippen LogP contribution in [0.1, 0.15) is 12.5 Å². The summed E-state index contributed by atoms with van der Waals surface area (Å²) in [7, 11) is 0. The largest absolute Gasteiger partial charge is 0.508 e. The molecule has 0 radical (unpaired) electrons. The zero-order chi connectivity index (χ0) is 19.1. The molecule has 1 aliphatic rings. The second-order valence-electron chi connectivity index (χ2n) is 5.93. The lowest BCUT2D eigenvalue weighted by Crippen LogP contribution is -2.44. The Kier molecular flexibility index (Phi) is 4.57. The zero-order valence-corrected chi connectivity index (χ0v) is 15.3. The van der Waals surface area contributed by atoms with Crippen LogP contribution < -0.4 is 4.90 Å². The van der Waals surface area contributed by atoms with E-state index in [1.807, 2.05) is 0 Å². The van der Waals surface area contributed by atoms with Gasteiger partial charge in [-0.15, -0.1) is 6.42 Å². The molecule has 2 aromatic rings. The number of hydrogen-bond donors (Lipinski definition) is 1. The number of halogens is 2. The highest BCUT2D eigenvalue weighted by Gasteiger charge is 2.55. The number of amides is 3. The molecule has 1 N–H and O–H groups in total. The molecule has 7 heteroatoms. The van der Waals surface area contributed by atoms with Gasteiger partial charge >= 0.3 is 6.03 Å². The first-order valence-electron chi connectivity index (χ1n) is 7.65. The van der Waals surface area contributed by atoms with Crippen LogP contribution in [0.25, 0.3) is 0 Å². The lowest BCUT2D eigenvalue weighted by molar-refractivity contribution is -0.124. The average Bonchev–Trinajstić information content (AvgIpc) is 2.80. The average molecular weight is 389 g/mol. The number of rotatable bonds is 3. The minimum absolute atomic E-state index is 0.0546. The Morgan fingerprint density at radius 3 is 2.35 bits per heavy atom. The highest BCUT2D eigenvalue weighted by Crippen LogP contribution is 2.40. The maximum absolute atomic E-state index is 13.3. The summed E-state index contributed by atoms with van der Waals surface area (Å²) in [5, 5.41) is 10.1. The predicted octanol–water partition coefficient (Wildman–Crippen LogP) is 4.02. The second kappa shape index (κ2) is 6.56. The molecule has 1 heterocycles. The Bertz CT molecular complexity index is 937. The van der Waals surface area contributed by atoms with Gasteiger partial charge in [0.05, 0.1) is 22.3 Å². The second-order valence-corrected chi connectivity index (χ2v) is 6.75. The van der Waals surface area contributed by atoms with E-state index in [4.69, 9.17) is 29.6 Å². The van der Waals surface area contributed by atoms with Gasteiger partial charge < -0.3 is 5.11 Å². The smallest absolute Gasteiger partial charge is 0.333 e. The van der Waals surface area contributed by atoms with Crippen LogP contribution in [0.3, 0.4) is 0 Å². The molecule has 2 aromatic carbocycles. The van der Waals surface area contributed by atoms with Crippen molar-refractivity contribution in [2.45, 2.75) is 12.5 Å². The third kappa shape index (κ3) is 2.68. The summed E-state index contributed by atoms with van der Waals surface area (Å²) in [4.78, 5) is 28.6. The van der Waals surface area contributed by atoms with Gasteiger partial charge in [-0.25, -0.2) is 9.69 Å². The topological polar surface area (TPSA) is 60.9 Å². The molecule has 1 aliphatic heterocycles. The summed E-state index contributed by atoms with van der Waals surface area (Å²) >= 11 is 12.0. The number of phenols is 1. The Morgan fingerprint density at radius 2 is 1.77 bits per heavy atom. The fourth-order valence-corrected chi connectivity index (χ4v) is 3.26. The summed E-state index contributed by atoms with van der Waals surface area (Å²) < 4.78 is 0. The Balaban J connectivity index is 2.14. The summed E-state index contributed by atoms with van der Waals surface area (Å²) in [5.41, 5.74) is -0.478. The molecule has 26 heavy (non-hydrogen) atoms. The van der Waals surface area contributed by atoms with Crippen LogP contribution in [-0.4, -0.2) is 28.5 Å². The molecule has 1 fully saturated rings. The van der Waals surface area contributed by atoms with Crippen molar-refractivity contribution in [3.05, 3.63) is 58.1 Å². The minimum atomic E-state index is -1.32. The number of carbonyl (C=O) groups excluding carboxylic acids is 2. The number of imide groups is 1. The molecule has 0 aromatic heterocycles. The fourth-order valence-electron chi connectivity index (χ4n) is 2.97. The number of aromatic hydroxyl groups is 1. The zero-order valence-electron chi connectivity index (χ0n) is 13.7. The van der Waals surface area contributed by atoms with Crippen molar-refractivity contribution in [3.8, 4) is 18.1 Å². The van der Waals surface area contributed by atoms with Crippen LogP contribution >= 0.6 is 23.2 Å². The van der Waals surface area contributed by atoms with Crippen LogP contribution in [0.2, 0.25) is 10.0 Å². The van der Waals surface area contributed by atoms with Gasteiger partial charge in [-0.2, -0.15) is 0 Å². The minimum Gasteiger partial charge on any atom is -0.508 e. The van der Waals surface area contributed by atoms with Crippen molar-refractivity contribution in [3.63, 3.8) is 0 Å². The number of carbonyl (C=O) groups is 2. The molecule has 1 atom stereocenters. The molecule has 0 spiro atoms. The van der Waals surface area contributed by atoms with Crippen molar-refractivity contribution in [1.29, 1.82) is 0 Å². The van der Waals surface area contributed by atoms with Crippen molar-refractivity contribution < 1.29 is 14.7 Å². The summed E-state index contributed by atoms with van der Waals surface area (Å²) in [6.07, 6.45) is 5.42. The molecular weight excluding hydrogens is 375 g/mol. The van der Waals surface area contributed by atoms with Crippen molar-refractivity contribution in [2.75, 3.05) is 11.4 Å². The molecule has 5 nitrogen and oxygen atoms in total. The van der Waals surface area contributed by atoms with E-state index in [0.717, 1.165) is 4.90 Å². The molecule has 3 amide bonds. The third-order valence-corrected chi connectivity index (χ3v) is 5.16. The van der Waals surface area contributed by atoms with Crippen LogP contribution in [-0.2, 0) is 10.3 Å². The van der Waals surface area contributed by atoms with Crippen molar-refractivity contribution >= 4 is 40.8 Å². The Morgan fingerprint density at radius 1 is 1.12 bits per heavy atom. The molecule has 0 bridgehead atoms. The Labute approximate surface area is 160 Å². The Hall–Kier alpha value is -2.68. The van der Waals surface area contributed by atoms with Gasteiger partial charge in [0.2, 0.25) is 0 Å². The molecule has 1 unspecified atom stereocenters. The number of benzene rings is 2. The summed E-state index contributed by atoms with van der Waals surface area (Å²) in [5.74, 6) is 2.00. The monoisotopic (exact) mass is 388 g/mol. The highest BCUT2D eigenvalue weighted by molar-refractivity contribution is 6.42. The molecule has 0 aliphatic carbocycles. The number of hydrogen-bond acceptors (Lipinski definition) is 3. The summed E-state index contributed by atoms with van der Waals surface area (Å²) in [6.45, 7) is 1.56. The van der Waals surface area contributed by atoms with Crippen molar-refractivity contribution in [1.82, 2.24) is 4.90 Å². The SMILES string of the molecule is C#CCN1C(=O)N(c2ccc(Cl)c(Cl)c2)C(=O)C1(C)c1ccc(O)cc1. The highest BCUT2D eigenvalue weighted by atomic mass is 35.5. The molecule has 0 saturated carbocycles. The van der Waals surface area contributed by atoms with E-state index in [0.29, 0.717) is 16.3 Å². The van der Waals surface area contributed by atoms with Crippen LogP contribution in [0, 0.1) is 12.3 Å². The molecule has 132 valence electrons. The number of terminal acetylenes is 1. The molecule has 1 saturated heterocycles. The van der Waals surface area contributed by atoms with E-state index in [9.17, 15) is 14.7 Å². The van der Waals surface area contributed by atoms with E-state index >= 15 is 0 Å². The third-order valence-electron chi connectivity index (χ3n) is 4.42. The molecule has 3 rings (SSSR count). The van der Waals surface area contributed by atoms with Gasteiger partial charge in [0.15, 0.2) is 0 Å². The van der Waals surface area contributed by atoms with Crippen molar-refractivity contribution in [2.24, 2.45) is 0 Å².